The first-order valence-corrected chi connectivity index (χ1v) is 8.54. The van der Waals surface area contributed by atoms with Crippen LogP contribution in [0.4, 0.5) is 22.0 Å². The highest BCUT2D eigenvalue weighted by molar-refractivity contribution is 5.30. The van der Waals surface area contributed by atoms with Gasteiger partial charge >= 0.3 is 6.18 Å². The number of alkyl halides is 3. The summed E-state index contributed by atoms with van der Waals surface area (Å²) in [5.41, 5.74) is -1.45. The van der Waals surface area contributed by atoms with Gasteiger partial charge in [0.1, 0.15) is 17.2 Å². The zero-order chi connectivity index (χ0) is 17.7. The zero-order valence-electron chi connectivity index (χ0n) is 13.8. The van der Waals surface area contributed by atoms with Gasteiger partial charge < -0.3 is 0 Å². The number of unbranched alkanes of at least 4 members (excludes halogenated alkanes) is 1. The van der Waals surface area contributed by atoms with Gasteiger partial charge in [-0.1, -0.05) is 25.5 Å². The fourth-order valence-corrected chi connectivity index (χ4v) is 3.40. The lowest BCUT2D eigenvalue weighted by atomic mass is 9.77. The van der Waals surface area contributed by atoms with E-state index in [9.17, 15) is 22.0 Å². The normalized spacial score (nSPS) is 22.2. The van der Waals surface area contributed by atoms with E-state index >= 15 is 0 Å². The second kappa shape index (κ2) is 8.13. The van der Waals surface area contributed by atoms with E-state index in [0.717, 1.165) is 57.1 Å². The predicted molar refractivity (Wildman–Crippen MR) is 84.7 cm³/mol. The summed E-state index contributed by atoms with van der Waals surface area (Å²) in [6.07, 6.45) is 5.94. The second-order valence-electron chi connectivity index (χ2n) is 6.57. The van der Waals surface area contributed by atoms with Gasteiger partial charge in [-0.05, 0) is 68.1 Å². The van der Waals surface area contributed by atoms with Crippen molar-refractivity contribution in [3.05, 3.63) is 47.0 Å². The van der Waals surface area contributed by atoms with Crippen molar-refractivity contribution in [1.82, 2.24) is 0 Å². The number of allylic oxidation sites excluding steroid dienone is 2. The SMILES string of the molecule is CCC/C=C/C[C@H]1CC[C@H](c2cc(F)c(C(F)(F)F)c(F)c2)CC1. The topological polar surface area (TPSA) is 0 Å². The van der Waals surface area contributed by atoms with Gasteiger partial charge in [-0.25, -0.2) is 8.78 Å². The monoisotopic (exact) mass is 346 g/mol. The third-order valence-electron chi connectivity index (χ3n) is 4.76. The first-order valence-electron chi connectivity index (χ1n) is 8.54. The molecule has 0 nitrogen and oxygen atoms in total. The lowest BCUT2D eigenvalue weighted by molar-refractivity contribution is -0.142. The molecule has 1 aromatic rings. The Morgan fingerprint density at radius 1 is 1.00 bits per heavy atom. The maximum absolute atomic E-state index is 13.7. The molecule has 0 aliphatic heterocycles. The first kappa shape index (κ1) is 18.9. The quantitative estimate of drug-likeness (QED) is 0.397. The fraction of sp³-hybridized carbons (Fsp3) is 0.579. The largest absolute Gasteiger partial charge is 0.422 e. The Labute approximate surface area is 139 Å². The van der Waals surface area contributed by atoms with E-state index < -0.39 is 23.4 Å². The average Bonchev–Trinajstić information content (AvgIpc) is 2.50. The number of benzene rings is 1. The molecule has 134 valence electrons. The molecular formula is C19H23F5. The number of rotatable bonds is 5. The Bertz CT molecular complexity index is 543. The van der Waals surface area contributed by atoms with Gasteiger partial charge in [-0.15, -0.1) is 0 Å². The van der Waals surface area contributed by atoms with Gasteiger partial charge in [-0.2, -0.15) is 13.2 Å². The molecule has 0 atom stereocenters. The summed E-state index contributed by atoms with van der Waals surface area (Å²) in [5.74, 6) is -2.53. The molecule has 0 N–H and O–H groups in total. The van der Waals surface area contributed by atoms with Crippen molar-refractivity contribution in [2.75, 3.05) is 0 Å². The van der Waals surface area contributed by atoms with E-state index in [2.05, 4.69) is 19.1 Å². The van der Waals surface area contributed by atoms with Crippen LogP contribution in [0.3, 0.4) is 0 Å². The Kier molecular flexibility index (Phi) is 6.41. The summed E-state index contributed by atoms with van der Waals surface area (Å²) in [6.45, 7) is 2.12. The predicted octanol–water partition coefficient (Wildman–Crippen LogP) is 7.00. The van der Waals surface area contributed by atoms with Gasteiger partial charge in [0.05, 0.1) is 0 Å². The summed E-state index contributed by atoms with van der Waals surface area (Å²) >= 11 is 0. The van der Waals surface area contributed by atoms with Crippen LogP contribution in [0, 0.1) is 17.6 Å². The molecule has 0 amide bonds. The maximum atomic E-state index is 13.7. The number of hydrogen-bond donors (Lipinski definition) is 0. The van der Waals surface area contributed by atoms with E-state index in [1.807, 2.05) is 0 Å². The Hall–Kier alpha value is -1.39. The molecule has 0 unspecified atom stereocenters. The molecule has 0 heterocycles. The molecule has 1 aliphatic carbocycles. The van der Waals surface area contributed by atoms with E-state index in [-0.39, 0.29) is 5.92 Å². The van der Waals surface area contributed by atoms with Crippen LogP contribution in [-0.4, -0.2) is 0 Å². The van der Waals surface area contributed by atoms with Crippen LogP contribution in [0.15, 0.2) is 24.3 Å². The fourth-order valence-electron chi connectivity index (χ4n) is 3.40. The van der Waals surface area contributed by atoms with E-state index in [1.165, 1.54) is 0 Å². The summed E-state index contributed by atoms with van der Waals surface area (Å²) in [7, 11) is 0. The molecule has 0 saturated heterocycles. The van der Waals surface area contributed by atoms with Crippen LogP contribution in [0.2, 0.25) is 0 Å². The third-order valence-corrected chi connectivity index (χ3v) is 4.76. The minimum atomic E-state index is -5.00. The molecule has 1 saturated carbocycles. The van der Waals surface area contributed by atoms with Crippen LogP contribution in [-0.2, 0) is 6.18 Å². The molecule has 1 fully saturated rings. The minimum absolute atomic E-state index is 0.0628. The highest BCUT2D eigenvalue weighted by atomic mass is 19.4. The molecule has 24 heavy (non-hydrogen) atoms. The Morgan fingerprint density at radius 2 is 1.58 bits per heavy atom. The van der Waals surface area contributed by atoms with Crippen molar-refractivity contribution in [2.45, 2.75) is 64.0 Å². The first-order chi connectivity index (χ1) is 11.3. The lowest BCUT2D eigenvalue weighted by Crippen LogP contribution is -2.16. The summed E-state index contributed by atoms with van der Waals surface area (Å²) in [4.78, 5) is 0. The minimum Gasteiger partial charge on any atom is -0.206 e. The standard InChI is InChI=1S/C19H23F5/c1-2-3-4-5-6-13-7-9-14(10-8-13)15-11-16(20)18(17(21)12-15)19(22,23)24/h4-5,11-14H,2-3,6-10H2,1H3/b5-4+/t13-,14-. The average molecular weight is 346 g/mol. The highest BCUT2D eigenvalue weighted by Crippen LogP contribution is 2.40. The van der Waals surface area contributed by atoms with Gasteiger partial charge in [0.25, 0.3) is 0 Å². The lowest BCUT2D eigenvalue weighted by Gasteiger charge is -2.28. The molecule has 0 spiro atoms. The van der Waals surface area contributed by atoms with Crippen LogP contribution in [0.1, 0.15) is 68.9 Å². The zero-order valence-corrected chi connectivity index (χ0v) is 13.8. The van der Waals surface area contributed by atoms with Gasteiger partial charge in [-0.3, -0.25) is 0 Å². The van der Waals surface area contributed by atoms with Crippen molar-refractivity contribution in [3.63, 3.8) is 0 Å². The van der Waals surface area contributed by atoms with E-state index in [4.69, 9.17) is 0 Å². The van der Waals surface area contributed by atoms with Gasteiger partial charge in [0.2, 0.25) is 0 Å². The van der Waals surface area contributed by atoms with Crippen molar-refractivity contribution < 1.29 is 22.0 Å². The molecule has 5 heteroatoms. The van der Waals surface area contributed by atoms with Gasteiger partial charge in [0, 0.05) is 0 Å². The molecule has 2 rings (SSSR count). The number of halogens is 5. The molecular weight excluding hydrogens is 323 g/mol. The molecule has 0 bridgehead atoms. The number of hydrogen-bond acceptors (Lipinski definition) is 0. The maximum Gasteiger partial charge on any atom is 0.422 e. The summed E-state index contributed by atoms with van der Waals surface area (Å²) in [5, 5.41) is 0. The smallest absolute Gasteiger partial charge is 0.206 e. The van der Waals surface area contributed by atoms with Crippen molar-refractivity contribution in [2.24, 2.45) is 5.92 Å². The molecule has 0 aromatic heterocycles. The van der Waals surface area contributed by atoms with Crippen molar-refractivity contribution in [3.8, 4) is 0 Å². The van der Waals surface area contributed by atoms with Crippen LogP contribution < -0.4 is 0 Å². The highest BCUT2D eigenvalue weighted by Gasteiger charge is 2.38. The van der Waals surface area contributed by atoms with Crippen LogP contribution >= 0.6 is 0 Å². The Balaban J connectivity index is 2.00. The third kappa shape index (κ3) is 4.81. The molecule has 0 radical (unpaired) electrons. The van der Waals surface area contributed by atoms with E-state index in [1.54, 1.807) is 0 Å². The Morgan fingerprint density at radius 3 is 2.08 bits per heavy atom. The summed E-state index contributed by atoms with van der Waals surface area (Å²) < 4.78 is 65.3. The van der Waals surface area contributed by atoms with Crippen molar-refractivity contribution in [1.29, 1.82) is 0 Å². The van der Waals surface area contributed by atoms with Crippen molar-refractivity contribution >= 4 is 0 Å². The van der Waals surface area contributed by atoms with Gasteiger partial charge in [0.15, 0.2) is 0 Å². The molecule has 1 aliphatic rings. The molecule has 1 aromatic carbocycles. The van der Waals surface area contributed by atoms with E-state index in [0.29, 0.717) is 11.5 Å². The van der Waals surface area contributed by atoms with Crippen LogP contribution in [0.5, 0.6) is 0 Å². The second-order valence-corrected chi connectivity index (χ2v) is 6.57. The summed E-state index contributed by atoms with van der Waals surface area (Å²) in [6, 6.07) is 1.72. The van der Waals surface area contributed by atoms with Crippen LogP contribution in [0.25, 0.3) is 0 Å².